The van der Waals surface area contributed by atoms with E-state index < -0.39 is 0 Å². The molecule has 2 nitrogen and oxygen atoms in total. The minimum absolute atomic E-state index is 0.494. The van der Waals surface area contributed by atoms with Gasteiger partial charge in [0, 0.05) is 11.3 Å². The maximum Gasteiger partial charge on any atom is 0.124 e. The molecule has 0 fully saturated rings. The Morgan fingerprint density at radius 2 is 2.25 bits per heavy atom. The average molecular weight is 186 g/mol. The van der Waals surface area contributed by atoms with Crippen LogP contribution >= 0.6 is 11.6 Å². The molecule has 12 heavy (non-hydrogen) atoms. The summed E-state index contributed by atoms with van der Waals surface area (Å²) in [5, 5.41) is 0. The molecule has 0 saturated carbocycles. The summed E-state index contributed by atoms with van der Waals surface area (Å²) in [4.78, 5) is 0. The van der Waals surface area contributed by atoms with Crippen LogP contribution in [-0.2, 0) is 0 Å². The van der Waals surface area contributed by atoms with Crippen molar-refractivity contribution in [2.45, 2.75) is 6.92 Å². The van der Waals surface area contributed by atoms with Gasteiger partial charge in [-0.1, -0.05) is 6.07 Å². The molecule has 66 valence electrons. The molecule has 2 N–H and O–H groups in total. The third kappa shape index (κ3) is 2.05. The first kappa shape index (κ1) is 9.20. The van der Waals surface area contributed by atoms with Gasteiger partial charge in [-0.3, -0.25) is 0 Å². The van der Waals surface area contributed by atoms with Gasteiger partial charge in [0.1, 0.15) is 12.4 Å². The smallest absolute Gasteiger partial charge is 0.124 e. The number of alkyl halides is 1. The minimum Gasteiger partial charge on any atom is -0.492 e. The molecule has 0 aromatic heterocycles. The number of hydrogen-bond donors (Lipinski definition) is 1. The number of benzene rings is 1. The Hall–Kier alpha value is -0.890. The van der Waals surface area contributed by atoms with Crippen molar-refractivity contribution < 1.29 is 4.74 Å². The fraction of sp³-hybridized carbons (Fsp3) is 0.333. The molecule has 0 atom stereocenters. The van der Waals surface area contributed by atoms with E-state index in [4.69, 9.17) is 22.1 Å². The van der Waals surface area contributed by atoms with E-state index in [1.807, 2.05) is 25.1 Å². The first-order valence-corrected chi connectivity index (χ1v) is 4.33. The zero-order chi connectivity index (χ0) is 8.97. The Morgan fingerprint density at radius 3 is 2.92 bits per heavy atom. The number of anilines is 1. The molecule has 0 aliphatic rings. The van der Waals surface area contributed by atoms with Crippen LogP contribution in [0.4, 0.5) is 5.69 Å². The van der Waals surface area contributed by atoms with Gasteiger partial charge in [0.15, 0.2) is 0 Å². The van der Waals surface area contributed by atoms with Crippen molar-refractivity contribution in [3.05, 3.63) is 23.8 Å². The molecule has 0 heterocycles. The third-order valence-corrected chi connectivity index (χ3v) is 1.82. The molecule has 1 rings (SSSR count). The normalized spacial score (nSPS) is 9.83. The maximum atomic E-state index is 5.68. The lowest BCUT2D eigenvalue weighted by Crippen LogP contribution is -2.01. The highest BCUT2D eigenvalue weighted by molar-refractivity contribution is 6.18. The first-order chi connectivity index (χ1) is 5.75. The summed E-state index contributed by atoms with van der Waals surface area (Å²) >= 11 is 5.49. The summed E-state index contributed by atoms with van der Waals surface area (Å²) in [6, 6.07) is 5.60. The summed E-state index contributed by atoms with van der Waals surface area (Å²) < 4.78 is 5.35. The number of halogens is 1. The lowest BCUT2D eigenvalue weighted by atomic mass is 10.2. The van der Waals surface area contributed by atoms with Crippen LogP contribution in [0.15, 0.2) is 18.2 Å². The summed E-state index contributed by atoms with van der Waals surface area (Å²) in [6.07, 6.45) is 0. The van der Waals surface area contributed by atoms with Crippen molar-refractivity contribution in [3.8, 4) is 5.75 Å². The lowest BCUT2D eigenvalue weighted by molar-refractivity contribution is 0.340. The first-order valence-electron chi connectivity index (χ1n) is 3.79. The van der Waals surface area contributed by atoms with Gasteiger partial charge in [0.25, 0.3) is 0 Å². The topological polar surface area (TPSA) is 35.2 Å². The molecular weight excluding hydrogens is 174 g/mol. The van der Waals surface area contributed by atoms with Gasteiger partial charge < -0.3 is 10.5 Å². The Kier molecular flexibility index (Phi) is 3.23. The van der Waals surface area contributed by atoms with E-state index in [2.05, 4.69) is 0 Å². The van der Waals surface area contributed by atoms with Crippen molar-refractivity contribution in [3.63, 3.8) is 0 Å². The fourth-order valence-corrected chi connectivity index (χ4v) is 1.01. The van der Waals surface area contributed by atoms with E-state index >= 15 is 0 Å². The second kappa shape index (κ2) is 4.21. The number of ether oxygens (including phenoxy) is 1. The average Bonchev–Trinajstić information content (AvgIpc) is 2.08. The predicted molar refractivity (Wildman–Crippen MR) is 51.8 cm³/mol. The Balaban J connectivity index is 2.78. The second-order valence-corrected chi connectivity index (χ2v) is 2.89. The largest absolute Gasteiger partial charge is 0.492 e. The van der Waals surface area contributed by atoms with E-state index in [1.165, 1.54) is 0 Å². The van der Waals surface area contributed by atoms with Crippen molar-refractivity contribution >= 4 is 17.3 Å². The van der Waals surface area contributed by atoms with Gasteiger partial charge in [-0.2, -0.15) is 0 Å². The maximum absolute atomic E-state index is 5.68. The van der Waals surface area contributed by atoms with Crippen molar-refractivity contribution in [2.24, 2.45) is 0 Å². The Bertz CT molecular complexity index is 263. The molecule has 0 radical (unpaired) electrons. The zero-order valence-electron chi connectivity index (χ0n) is 7.01. The summed E-state index contributed by atoms with van der Waals surface area (Å²) in [5.41, 5.74) is 7.41. The summed E-state index contributed by atoms with van der Waals surface area (Å²) in [7, 11) is 0. The second-order valence-electron chi connectivity index (χ2n) is 2.51. The van der Waals surface area contributed by atoms with Crippen molar-refractivity contribution in [2.75, 3.05) is 18.2 Å². The van der Waals surface area contributed by atoms with Crippen molar-refractivity contribution in [1.82, 2.24) is 0 Å². The van der Waals surface area contributed by atoms with Crippen LogP contribution in [-0.4, -0.2) is 12.5 Å². The Morgan fingerprint density at radius 1 is 1.50 bits per heavy atom. The minimum atomic E-state index is 0.494. The number of nitrogens with two attached hydrogens (primary N) is 1. The third-order valence-electron chi connectivity index (χ3n) is 1.66. The van der Waals surface area contributed by atoms with Crippen LogP contribution in [0, 0.1) is 6.92 Å². The molecule has 0 bridgehead atoms. The van der Waals surface area contributed by atoms with Gasteiger partial charge in [0.2, 0.25) is 0 Å². The van der Waals surface area contributed by atoms with E-state index in [0.29, 0.717) is 12.5 Å². The van der Waals surface area contributed by atoms with Gasteiger partial charge >= 0.3 is 0 Å². The molecule has 0 aliphatic heterocycles. The van der Waals surface area contributed by atoms with E-state index in [-0.39, 0.29) is 0 Å². The van der Waals surface area contributed by atoms with E-state index in [9.17, 15) is 0 Å². The Labute approximate surface area is 77.3 Å². The molecule has 0 aliphatic carbocycles. The highest BCUT2D eigenvalue weighted by Crippen LogP contribution is 2.22. The van der Waals surface area contributed by atoms with E-state index in [0.717, 1.165) is 17.0 Å². The van der Waals surface area contributed by atoms with Crippen molar-refractivity contribution in [1.29, 1.82) is 0 Å². The van der Waals surface area contributed by atoms with Crippen LogP contribution in [0.5, 0.6) is 5.75 Å². The summed E-state index contributed by atoms with van der Waals surface area (Å²) in [6.45, 7) is 2.45. The van der Waals surface area contributed by atoms with Gasteiger partial charge in [-0.05, 0) is 19.1 Å². The molecule has 0 unspecified atom stereocenters. The molecule has 0 amide bonds. The van der Waals surface area contributed by atoms with Gasteiger partial charge in [-0.25, -0.2) is 0 Å². The summed E-state index contributed by atoms with van der Waals surface area (Å²) in [5.74, 6) is 1.31. The highest BCUT2D eigenvalue weighted by atomic mass is 35.5. The lowest BCUT2D eigenvalue weighted by Gasteiger charge is -2.08. The number of hydrogen-bond acceptors (Lipinski definition) is 2. The zero-order valence-corrected chi connectivity index (χ0v) is 7.77. The highest BCUT2D eigenvalue weighted by Gasteiger charge is 2.00. The molecule has 1 aromatic carbocycles. The van der Waals surface area contributed by atoms with Crippen LogP contribution < -0.4 is 10.5 Å². The predicted octanol–water partition coefficient (Wildman–Crippen LogP) is 2.19. The van der Waals surface area contributed by atoms with Crippen LogP contribution in [0.3, 0.4) is 0 Å². The van der Waals surface area contributed by atoms with Gasteiger partial charge in [0.05, 0.1) is 5.88 Å². The van der Waals surface area contributed by atoms with Crippen LogP contribution in [0.2, 0.25) is 0 Å². The van der Waals surface area contributed by atoms with Crippen LogP contribution in [0.1, 0.15) is 5.56 Å². The monoisotopic (exact) mass is 185 g/mol. The molecule has 1 aromatic rings. The number of nitrogen functional groups attached to an aromatic ring is 1. The molecule has 3 heteroatoms. The standard InChI is InChI=1S/C9H12ClNO/c1-7-8(11)3-2-4-9(7)12-6-5-10/h2-4H,5-6,11H2,1H3. The SMILES string of the molecule is Cc1c(N)cccc1OCCCl. The molecule has 0 saturated heterocycles. The molecule has 0 spiro atoms. The molecular formula is C9H12ClNO. The van der Waals surface area contributed by atoms with E-state index in [1.54, 1.807) is 0 Å². The van der Waals surface area contributed by atoms with Gasteiger partial charge in [-0.15, -0.1) is 11.6 Å². The fourth-order valence-electron chi connectivity index (χ4n) is 0.936. The number of rotatable bonds is 3. The van der Waals surface area contributed by atoms with Crippen LogP contribution in [0.25, 0.3) is 0 Å². The quantitative estimate of drug-likeness (QED) is 0.579.